The third-order valence-electron chi connectivity index (χ3n) is 4.75. The van der Waals surface area contributed by atoms with Crippen LogP contribution in [0.2, 0.25) is 5.02 Å². The van der Waals surface area contributed by atoms with Gasteiger partial charge in [-0.2, -0.15) is 10.2 Å². The van der Waals surface area contributed by atoms with Crippen molar-refractivity contribution in [3.05, 3.63) is 106 Å². The second-order valence-corrected chi connectivity index (χ2v) is 7.65. The zero-order chi connectivity index (χ0) is 22.3. The third-order valence-corrected chi connectivity index (χ3v) is 5.00. The first-order valence-corrected chi connectivity index (χ1v) is 10.4. The number of carbonyl (C=O) groups is 1. The van der Waals surface area contributed by atoms with Crippen LogP contribution in [0.25, 0.3) is 11.3 Å². The monoisotopic (exact) mass is 444 g/mol. The molecule has 0 unspecified atom stereocenters. The summed E-state index contributed by atoms with van der Waals surface area (Å²) in [5.74, 6) is 0.381. The molecule has 0 fully saturated rings. The number of hydrogen-bond donors (Lipinski definition) is 2. The summed E-state index contributed by atoms with van der Waals surface area (Å²) < 4.78 is 5.84. The largest absolute Gasteiger partial charge is 0.489 e. The second kappa shape index (κ2) is 9.94. The van der Waals surface area contributed by atoms with Crippen LogP contribution in [0, 0.1) is 6.92 Å². The predicted molar refractivity (Wildman–Crippen MR) is 126 cm³/mol. The molecule has 1 amide bonds. The summed E-state index contributed by atoms with van der Waals surface area (Å²) in [6.07, 6.45) is 1.54. The van der Waals surface area contributed by atoms with Gasteiger partial charge in [-0.25, -0.2) is 5.43 Å². The first-order valence-electron chi connectivity index (χ1n) is 10.00. The highest BCUT2D eigenvalue weighted by atomic mass is 35.5. The molecule has 0 aliphatic rings. The van der Waals surface area contributed by atoms with E-state index in [0.29, 0.717) is 23.0 Å². The van der Waals surface area contributed by atoms with Gasteiger partial charge in [-0.05, 0) is 60.5 Å². The molecule has 7 heteroatoms. The number of nitrogens with one attached hydrogen (secondary N) is 2. The van der Waals surface area contributed by atoms with E-state index in [2.05, 4.69) is 51.9 Å². The van der Waals surface area contributed by atoms with Gasteiger partial charge < -0.3 is 4.74 Å². The van der Waals surface area contributed by atoms with Crippen molar-refractivity contribution in [2.45, 2.75) is 13.5 Å². The molecule has 1 aromatic heterocycles. The lowest BCUT2D eigenvalue weighted by molar-refractivity contribution is 0.0950. The molecule has 0 atom stereocenters. The van der Waals surface area contributed by atoms with Gasteiger partial charge in [0.2, 0.25) is 0 Å². The van der Waals surface area contributed by atoms with Crippen LogP contribution < -0.4 is 10.2 Å². The lowest BCUT2D eigenvalue weighted by Gasteiger charge is -2.07. The number of halogens is 1. The number of hydrogen-bond acceptors (Lipinski definition) is 4. The highest BCUT2D eigenvalue weighted by Gasteiger charge is 2.10. The Kier molecular flexibility index (Phi) is 6.63. The fourth-order valence-corrected chi connectivity index (χ4v) is 3.06. The van der Waals surface area contributed by atoms with Gasteiger partial charge in [0.15, 0.2) is 0 Å². The first-order chi connectivity index (χ1) is 15.6. The number of aromatic amines is 1. The maximum Gasteiger partial charge on any atom is 0.289 e. The van der Waals surface area contributed by atoms with E-state index >= 15 is 0 Å². The fourth-order valence-electron chi connectivity index (χ4n) is 2.93. The van der Waals surface area contributed by atoms with Crippen molar-refractivity contribution < 1.29 is 9.53 Å². The number of rotatable bonds is 7. The first kappa shape index (κ1) is 21.3. The van der Waals surface area contributed by atoms with Crippen molar-refractivity contribution >= 4 is 23.7 Å². The quantitative estimate of drug-likeness (QED) is 0.296. The van der Waals surface area contributed by atoms with Crippen molar-refractivity contribution in [3.8, 4) is 17.0 Å². The Morgan fingerprint density at radius 3 is 2.50 bits per heavy atom. The summed E-state index contributed by atoms with van der Waals surface area (Å²) >= 11 is 5.85. The lowest BCUT2D eigenvalue weighted by atomic mass is 10.1. The van der Waals surface area contributed by atoms with E-state index in [-0.39, 0.29) is 5.91 Å². The van der Waals surface area contributed by atoms with Crippen molar-refractivity contribution in [3.63, 3.8) is 0 Å². The predicted octanol–water partition coefficient (Wildman–Crippen LogP) is 5.38. The van der Waals surface area contributed by atoms with Gasteiger partial charge in [0, 0.05) is 10.6 Å². The molecule has 0 saturated carbocycles. The second-order valence-electron chi connectivity index (χ2n) is 7.22. The van der Waals surface area contributed by atoms with E-state index in [4.69, 9.17) is 16.3 Å². The molecule has 6 nitrogen and oxygen atoms in total. The number of benzene rings is 3. The van der Waals surface area contributed by atoms with Gasteiger partial charge in [0.1, 0.15) is 18.1 Å². The van der Waals surface area contributed by atoms with Crippen LogP contribution in [0.3, 0.4) is 0 Å². The third kappa shape index (κ3) is 5.62. The van der Waals surface area contributed by atoms with Crippen molar-refractivity contribution in [1.29, 1.82) is 0 Å². The molecule has 32 heavy (non-hydrogen) atoms. The topological polar surface area (TPSA) is 79.4 Å². The molecule has 4 aromatic rings. The average molecular weight is 445 g/mol. The Balaban J connectivity index is 1.33. The van der Waals surface area contributed by atoms with Crippen LogP contribution in [-0.4, -0.2) is 22.3 Å². The Bertz CT molecular complexity index is 1210. The highest BCUT2D eigenvalue weighted by Crippen LogP contribution is 2.22. The Labute approximate surface area is 190 Å². The molecule has 0 aliphatic carbocycles. The number of H-pyrrole nitrogens is 1. The SMILES string of the molecule is Cc1ccc(COc2ccc(-c3cc(C(=O)NN=Cc4ccc(Cl)cc4)[nH]n3)cc2)cc1. The minimum atomic E-state index is -0.382. The average Bonchev–Trinajstić information content (AvgIpc) is 3.31. The van der Waals surface area contributed by atoms with Gasteiger partial charge in [0.25, 0.3) is 5.91 Å². The number of ether oxygens (including phenoxy) is 1. The summed E-state index contributed by atoms with van der Waals surface area (Å²) in [4.78, 5) is 12.3. The molecule has 0 radical (unpaired) electrons. The smallest absolute Gasteiger partial charge is 0.289 e. The molecule has 0 bridgehead atoms. The van der Waals surface area contributed by atoms with Crippen molar-refractivity contribution in [1.82, 2.24) is 15.6 Å². The normalized spacial score (nSPS) is 10.9. The minimum absolute atomic E-state index is 0.313. The van der Waals surface area contributed by atoms with Gasteiger partial charge in [-0.3, -0.25) is 9.89 Å². The summed E-state index contributed by atoms with van der Waals surface area (Å²) in [6.45, 7) is 2.56. The van der Waals surface area contributed by atoms with E-state index in [1.807, 2.05) is 24.3 Å². The molecule has 0 spiro atoms. The van der Waals surface area contributed by atoms with E-state index < -0.39 is 0 Å². The Morgan fingerprint density at radius 2 is 1.78 bits per heavy atom. The summed E-state index contributed by atoms with van der Waals surface area (Å²) in [6, 6.07) is 24.6. The zero-order valence-electron chi connectivity index (χ0n) is 17.4. The molecule has 160 valence electrons. The van der Waals surface area contributed by atoms with E-state index in [1.165, 1.54) is 5.56 Å². The van der Waals surface area contributed by atoms with E-state index in [9.17, 15) is 4.79 Å². The molecule has 0 saturated heterocycles. The zero-order valence-corrected chi connectivity index (χ0v) is 18.1. The Morgan fingerprint density at radius 1 is 1.06 bits per heavy atom. The number of amides is 1. The summed E-state index contributed by atoms with van der Waals surface area (Å²) in [7, 11) is 0. The molecule has 3 aromatic carbocycles. The molecular formula is C25H21ClN4O2. The number of aryl methyl sites for hydroxylation is 1. The van der Waals surface area contributed by atoms with Gasteiger partial charge >= 0.3 is 0 Å². The van der Waals surface area contributed by atoms with E-state index in [0.717, 1.165) is 22.4 Å². The van der Waals surface area contributed by atoms with Crippen LogP contribution in [0.4, 0.5) is 0 Å². The molecular weight excluding hydrogens is 424 g/mol. The van der Waals surface area contributed by atoms with Crippen molar-refractivity contribution in [2.75, 3.05) is 0 Å². The Hall–Kier alpha value is -3.90. The molecule has 4 rings (SSSR count). The standard InChI is InChI=1S/C25H21ClN4O2/c1-17-2-4-19(5-3-17)16-32-22-12-8-20(9-13-22)23-14-24(29-28-23)25(31)30-27-15-18-6-10-21(26)11-7-18/h2-15H,16H2,1H3,(H,28,29)(H,30,31). The van der Waals surface area contributed by atoms with E-state index in [1.54, 1.807) is 36.5 Å². The lowest BCUT2D eigenvalue weighted by Crippen LogP contribution is -2.17. The maximum atomic E-state index is 12.3. The maximum absolute atomic E-state index is 12.3. The molecule has 1 heterocycles. The summed E-state index contributed by atoms with van der Waals surface area (Å²) in [5, 5.41) is 11.6. The van der Waals surface area contributed by atoms with Crippen LogP contribution in [-0.2, 0) is 6.61 Å². The van der Waals surface area contributed by atoms with Gasteiger partial charge in [0.05, 0.1) is 11.9 Å². The van der Waals surface area contributed by atoms with Crippen LogP contribution in [0.5, 0.6) is 5.75 Å². The number of carbonyl (C=O) groups excluding carboxylic acids is 1. The molecule has 0 aliphatic heterocycles. The highest BCUT2D eigenvalue weighted by molar-refractivity contribution is 6.30. The van der Waals surface area contributed by atoms with Crippen LogP contribution in [0.1, 0.15) is 27.2 Å². The van der Waals surface area contributed by atoms with Crippen molar-refractivity contribution in [2.24, 2.45) is 5.10 Å². The number of aromatic nitrogens is 2. The number of nitrogens with zero attached hydrogens (tertiary/aromatic N) is 2. The van der Waals surface area contributed by atoms with Gasteiger partial charge in [-0.15, -0.1) is 0 Å². The summed E-state index contributed by atoms with van der Waals surface area (Å²) in [5.41, 5.74) is 7.47. The number of hydrazone groups is 1. The van der Waals surface area contributed by atoms with Crippen LogP contribution >= 0.6 is 11.6 Å². The fraction of sp³-hybridized carbons (Fsp3) is 0.0800. The molecule has 2 N–H and O–H groups in total. The van der Waals surface area contributed by atoms with Gasteiger partial charge in [-0.1, -0.05) is 53.6 Å². The van der Waals surface area contributed by atoms with Crippen LogP contribution in [0.15, 0.2) is 84.0 Å². The minimum Gasteiger partial charge on any atom is -0.489 e.